The summed E-state index contributed by atoms with van der Waals surface area (Å²) in [4.78, 5) is 12.4. The van der Waals surface area contributed by atoms with Gasteiger partial charge in [0, 0.05) is 25.0 Å². The van der Waals surface area contributed by atoms with Crippen LogP contribution in [0.15, 0.2) is 42.7 Å². The van der Waals surface area contributed by atoms with Gasteiger partial charge in [0.1, 0.15) is 6.61 Å². The summed E-state index contributed by atoms with van der Waals surface area (Å²) >= 11 is 0. The molecular formula is C21H26O7. The third-order valence-electron chi connectivity index (χ3n) is 4.73. The van der Waals surface area contributed by atoms with Crippen molar-refractivity contribution in [3.63, 3.8) is 0 Å². The zero-order valence-electron chi connectivity index (χ0n) is 16.0. The van der Waals surface area contributed by atoms with Gasteiger partial charge in [-0.15, -0.1) is 0 Å². The first-order chi connectivity index (χ1) is 13.7. The van der Waals surface area contributed by atoms with E-state index in [0.717, 1.165) is 5.56 Å². The maximum atomic E-state index is 12.4. The molecule has 152 valence electrons. The molecule has 1 aromatic rings. The van der Waals surface area contributed by atoms with E-state index in [1.165, 1.54) is 6.08 Å². The second-order valence-corrected chi connectivity index (χ2v) is 6.53. The fourth-order valence-corrected chi connectivity index (χ4v) is 3.46. The van der Waals surface area contributed by atoms with Gasteiger partial charge >= 0.3 is 5.97 Å². The van der Waals surface area contributed by atoms with E-state index in [1.807, 2.05) is 25.1 Å². The van der Waals surface area contributed by atoms with Crippen LogP contribution in [0.25, 0.3) is 0 Å². The predicted molar refractivity (Wildman–Crippen MR) is 101 cm³/mol. The van der Waals surface area contributed by atoms with Gasteiger partial charge in [-0.2, -0.15) is 0 Å². The molecule has 1 N–H and O–H groups in total. The topological polar surface area (TPSA) is 83.5 Å². The summed E-state index contributed by atoms with van der Waals surface area (Å²) in [5.41, 5.74) is 0.953. The predicted octanol–water partition coefficient (Wildman–Crippen LogP) is 2.89. The number of ether oxygens (including phenoxy) is 5. The minimum Gasteiger partial charge on any atom is -0.457 e. The summed E-state index contributed by atoms with van der Waals surface area (Å²) in [5, 5.41) is 9.32. The monoisotopic (exact) mass is 390 g/mol. The quantitative estimate of drug-likeness (QED) is 0.513. The molecule has 0 fully saturated rings. The molecule has 28 heavy (non-hydrogen) atoms. The summed E-state index contributed by atoms with van der Waals surface area (Å²) < 4.78 is 27.7. The lowest BCUT2D eigenvalue weighted by molar-refractivity contribution is -0.175. The van der Waals surface area contributed by atoms with Crippen LogP contribution >= 0.6 is 0 Å². The molecule has 7 nitrogen and oxygen atoms in total. The largest absolute Gasteiger partial charge is 0.457 e. The number of fused-ring (bicyclic) bond motifs is 1. The third kappa shape index (κ3) is 4.48. The zero-order valence-corrected chi connectivity index (χ0v) is 16.0. The normalized spacial score (nSPS) is 22.9. The van der Waals surface area contributed by atoms with Crippen molar-refractivity contribution >= 4 is 5.97 Å². The zero-order chi connectivity index (χ0) is 19.9. The highest BCUT2D eigenvalue weighted by Gasteiger charge is 2.38. The number of esters is 1. The first-order valence-electron chi connectivity index (χ1n) is 9.46. The van der Waals surface area contributed by atoms with E-state index in [0.29, 0.717) is 30.9 Å². The molecule has 0 saturated heterocycles. The minimum atomic E-state index is -0.622. The summed E-state index contributed by atoms with van der Waals surface area (Å²) in [6.07, 6.45) is 3.92. The van der Waals surface area contributed by atoms with Gasteiger partial charge in [0.25, 0.3) is 0 Å². The fourth-order valence-electron chi connectivity index (χ4n) is 3.46. The molecule has 0 aliphatic carbocycles. The van der Waals surface area contributed by atoms with Gasteiger partial charge in [-0.3, -0.25) is 0 Å². The van der Waals surface area contributed by atoms with Crippen molar-refractivity contribution in [2.45, 2.75) is 32.0 Å². The van der Waals surface area contributed by atoms with Crippen molar-refractivity contribution in [3.8, 4) is 11.5 Å². The number of aliphatic hydroxyl groups excluding tert-OH is 1. The molecule has 0 radical (unpaired) electrons. The Bertz CT molecular complexity index is 727. The number of benzene rings is 1. The lowest BCUT2D eigenvalue weighted by atomic mass is 9.80. The summed E-state index contributed by atoms with van der Waals surface area (Å²) in [5.74, 6) is 0.668. The van der Waals surface area contributed by atoms with Gasteiger partial charge in [-0.25, -0.2) is 4.79 Å². The Balaban J connectivity index is 1.95. The molecule has 0 aromatic heterocycles. The number of carbonyl (C=O) groups excluding carboxylic acids is 1. The van der Waals surface area contributed by atoms with E-state index in [9.17, 15) is 9.90 Å². The Hall–Kier alpha value is -2.51. The van der Waals surface area contributed by atoms with E-state index in [4.69, 9.17) is 23.7 Å². The SMILES string of the molecule is C=CCOC(=O)C1=C[C@@H](c2ccc3c(c2)OCO3)[C@@H](CCCO)[C@@H](OCC)O1. The van der Waals surface area contributed by atoms with Gasteiger partial charge in [0.2, 0.25) is 18.8 Å². The Morgan fingerprint density at radius 3 is 2.93 bits per heavy atom. The van der Waals surface area contributed by atoms with E-state index in [2.05, 4.69) is 6.58 Å². The van der Waals surface area contributed by atoms with Crippen LogP contribution in [0.2, 0.25) is 0 Å². The lowest BCUT2D eigenvalue weighted by Gasteiger charge is -2.36. The number of hydrogen-bond donors (Lipinski definition) is 1. The Kier molecular flexibility index (Phi) is 6.95. The maximum absolute atomic E-state index is 12.4. The molecule has 2 aliphatic heterocycles. The van der Waals surface area contributed by atoms with E-state index < -0.39 is 12.3 Å². The minimum absolute atomic E-state index is 0.0706. The summed E-state index contributed by atoms with van der Waals surface area (Å²) in [7, 11) is 0. The summed E-state index contributed by atoms with van der Waals surface area (Å²) in [6.45, 7) is 6.22. The van der Waals surface area contributed by atoms with Gasteiger partial charge in [0.15, 0.2) is 11.5 Å². The van der Waals surface area contributed by atoms with Crippen LogP contribution in [0.4, 0.5) is 0 Å². The Labute approximate surface area is 164 Å². The van der Waals surface area contributed by atoms with Crippen molar-refractivity contribution in [2.24, 2.45) is 5.92 Å². The molecule has 0 bridgehead atoms. The van der Waals surface area contributed by atoms with E-state index in [-0.39, 0.29) is 37.6 Å². The number of rotatable bonds is 9. The first kappa shape index (κ1) is 20.2. The highest BCUT2D eigenvalue weighted by Crippen LogP contribution is 2.42. The Morgan fingerprint density at radius 2 is 2.18 bits per heavy atom. The lowest BCUT2D eigenvalue weighted by Crippen LogP contribution is -2.36. The molecule has 0 saturated carbocycles. The van der Waals surface area contributed by atoms with E-state index in [1.54, 1.807) is 6.08 Å². The molecule has 2 aliphatic rings. The van der Waals surface area contributed by atoms with Gasteiger partial charge < -0.3 is 28.8 Å². The molecule has 0 unspecified atom stereocenters. The van der Waals surface area contributed by atoms with Gasteiger partial charge in [0.05, 0.1) is 0 Å². The standard InChI is InChI=1S/C21H26O7/c1-3-10-25-20(23)19-12-16(14-7-8-17-18(11-14)27-13-26-17)15(6-5-9-22)21(28-19)24-4-2/h3,7-8,11-12,15-16,21-22H,1,4-6,9-10,13H2,2H3/t15-,16+,21+/m1/s1. The number of hydrogen-bond acceptors (Lipinski definition) is 7. The first-order valence-corrected chi connectivity index (χ1v) is 9.46. The molecular weight excluding hydrogens is 364 g/mol. The number of allylic oxidation sites excluding steroid dienone is 1. The van der Waals surface area contributed by atoms with Crippen molar-refractivity contribution < 1.29 is 33.6 Å². The molecule has 7 heteroatoms. The van der Waals surface area contributed by atoms with Crippen molar-refractivity contribution in [2.75, 3.05) is 26.6 Å². The average Bonchev–Trinajstić information content (AvgIpc) is 3.18. The summed E-state index contributed by atoms with van der Waals surface area (Å²) in [6, 6.07) is 5.72. The second-order valence-electron chi connectivity index (χ2n) is 6.53. The van der Waals surface area contributed by atoms with Crippen molar-refractivity contribution in [3.05, 3.63) is 48.3 Å². The molecule has 1 aromatic carbocycles. The van der Waals surface area contributed by atoms with Crippen LogP contribution in [0.3, 0.4) is 0 Å². The number of aliphatic hydroxyl groups is 1. The maximum Gasteiger partial charge on any atom is 0.373 e. The molecule has 3 rings (SSSR count). The van der Waals surface area contributed by atoms with Gasteiger partial charge in [-0.05, 0) is 43.5 Å². The van der Waals surface area contributed by atoms with Gasteiger partial charge in [-0.1, -0.05) is 18.7 Å². The molecule has 0 amide bonds. The smallest absolute Gasteiger partial charge is 0.373 e. The average molecular weight is 390 g/mol. The van der Waals surface area contributed by atoms with Crippen LogP contribution in [-0.4, -0.2) is 44.0 Å². The van der Waals surface area contributed by atoms with Crippen LogP contribution in [-0.2, 0) is 19.0 Å². The molecule has 0 spiro atoms. The van der Waals surface area contributed by atoms with Crippen molar-refractivity contribution in [1.82, 2.24) is 0 Å². The Morgan fingerprint density at radius 1 is 1.36 bits per heavy atom. The third-order valence-corrected chi connectivity index (χ3v) is 4.73. The highest BCUT2D eigenvalue weighted by molar-refractivity contribution is 5.86. The van der Waals surface area contributed by atoms with Crippen LogP contribution in [0, 0.1) is 5.92 Å². The van der Waals surface area contributed by atoms with Crippen molar-refractivity contribution in [1.29, 1.82) is 0 Å². The second kappa shape index (κ2) is 9.61. The highest BCUT2D eigenvalue weighted by atomic mass is 16.7. The van der Waals surface area contributed by atoms with Crippen LogP contribution in [0.5, 0.6) is 11.5 Å². The fraction of sp³-hybridized carbons (Fsp3) is 0.476. The molecule has 3 atom stereocenters. The van der Waals surface area contributed by atoms with Crippen LogP contribution in [0.1, 0.15) is 31.2 Å². The van der Waals surface area contributed by atoms with Crippen LogP contribution < -0.4 is 9.47 Å². The molecule has 2 heterocycles. The number of carbonyl (C=O) groups is 1. The van der Waals surface area contributed by atoms with E-state index >= 15 is 0 Å².